The first-order valence-corrected chi connectivity index (χ1v) is 7.80. The molecule has 2 aromatic rings. The van der Waals surface area contributed by atoms with Crippen molar-refractivity contribution in [2.75, 3.05) is 20.1 Å². The Labute approximate surface area is 128 Å². The summed E-state index contributed by atoms with van der Waals surface area (Å²) in [6, 6.07) is 21.8. The molecule has 0 saturated heterocycles. The Balaban J connectivity index is 1.87. The lowest BCUT2D eigenvalue weighted by Gasteiger charge is -2.23. The van der Waals surface area contributed by atoms with Crippen LogP contribution in [0.2, 0.25) is 0 Å². The van der Waals surface area contributed by atoms with Crippen LogP contribution in [0.25, 0.3) is 0 Å². The molecule has 0 heterocycles. The van der Waals surface area contributed by atoms with Gasteiger partial charge < -0.3 is 10.2 Å². The monoisotopic (exact) mass is 282 g/mol. The average molecular weight is 282 g/mol. The van der Waals surface area contributed by atoms with Gasteiger partial charge in [-0.15, -0.1) is 0 Å². The highest BCUT2D eigenvalue weighted by Gasteiger charge is 2.11. The third-order valence-corrected chi connectivity index (χ3v) is 3.75. The molecule has 0 bridgehead atoms. The lowest BCUT2D eigenvalue weighted by molar-refractivity contribution is 0.301. The van der Waals surface area contributed by atoms with Gasteiger partial charge in [0, 0.05) is 12.6 Å². The van der Waals surface area contributed by atoms with Gasteiger partial charge in [-0.1, -0.05) is 67.6 Å². The van der Waals surface area contributed by atoms with Crippen LogP contribution in [0.15, 0.2) is 60.7 Å². The number of rotatable bonds is 8. The minimum atomic E-state index is 0.439. The Morgan fingerprint density at radius 1 is 0.952 bits per heavy atom. The van der Waals surface area contributed by atoms with Crippen molar-refractivity contribution in [2.45, 2.75) is 25.9 Å². The quantitative estimate of drug-likeness (QED) is 0.791. The van der Waals surface area contributed by atoms with E-state index in [2.05, 4.69) is 84.9 Å². The van der Waals surface area contributed by atoms with Gasteiger partial charge in [0.05, 0.1) is 0 Å². The van der Waals surface area contributed by atoms with Crippen molar-refractivity contribution in [1.29, 1.82) is 0 Å². The molecule has 0 aliphatic carbocycles. The maximum atomic E-state index is 3.59. The van der Waals surface area contributed by atoms with Crippen molar-refractivity contribution in [3.8, 4) is 0 Å². The molecule has 0 aliphatic rings. The Morgan fingerprint density at radius 2 is 1.57 bits per heavy atom. The van der Waals surface area contributed by atoms with Gasteiger partial charge in [-0.25, -0.2) is 0 Å². The van der Waals surface area contributed by atoms with Crippen molar-refractivity contribution < 1.29 is 0 Å². The standard InChI is InChI=1S/C19H26N2/c1-3-20-19(18-12-8-5-9-13-18)14-15-21(2)16-17-10-6-4-7-11-17/h4-13,19-20H,3,14-16H2,1-2H3. The minimum absolute atomic E-state index is 0.439. The zero-order chi connectivity index (χ0) is 14.9. The van der Waals surface area contributed by atoms with Crippen molar-refractivity contribution in [3.05, 3.63) is 71.8 Å². The van der Waals surface area contributed by atoms with E-state index in [1.165, 1.54) is 11.1 Å². The second kappa shape index (κ2) is 8.60. The van der Waals surface area contributed by atoms with Gasteiger partial charge in [-0.05, 0) is 37.7 Å². The largest absolute Gasteiger partial charge is 0.310 e. The van der Waals surface area contributed by atoms with Gasteiger partial charge in [0.15, 0.2) is 0 Å². The van der Waals surface area contributed by atoms with Crippen LogP contribution in [-0.4, -0.2) is 25.0 Å². The van der Waals surface area contributed by atoms with E-state index in [-0.39, 0.29) is 0 Å². The fourth-order valence-electron chi connectivity index (χ4n) is 2.64. The predicted molar refractivity (Wildman–Crippen MR) is 90.3 cm³/mol. The van der Waals surface area contributed by atoms with Crippen LogP contribution in [0, 0.1) is 0 Å². The summed E-state index contributed by atoms with van der Waals surface area (Å²) in [7, 11) is 2.20. The third kappa shape index (κ3) is 5.33. The molecule has 0 amide bonds. The van der Waals surface area contributed by atoms with Gasteiger partial charge in [-0.3, -0.25) is 0 Å². The summed E-state index contributed by atoms with van der Waals surface area (Å²) in [5, 5.41) is 3.59. The predicted octanol–water partition coefficient (Wildman–Crippen LogP) is 3.86. The van der Waals surface area contributed by atoms with Crippen molar-refractivity contribution in [2.24, 2.45) is 0 Å². The first kappa shape index (κ1) is 15.7. The lowest BCUT2D eigenvalue weighted by atomic mass is 10.0. The van der Waals surface area contributed by atoms with E-state index < -0.39 is 0 Å². The summed E-state index contributed by atoms with van der Waals surface area (Å²) in [6.45, 7) is 5.27. The highest BCUT2D eigenvalue weighted by atomic mass is 15.1. The summed E-state index contributed by atoms with van der Waals surface area (Å²) in [5.74, 6) is 0. The number of nitrogens with one attached hydrogen (secondary N) is 1. The van der Waals surface area contributed by atoms with Crippen LogP contribution >= 0.6 is 0 Å². The van der Waals surface area contributed by atoms with E-state index in [1.807, 2.05) is 0 Å². The molecule has 0 aromatic heterocycles. The number of hydrogen-bond acceptors (Lipinski definition) is 2. The second-order valence-corrected chi connectivity index (χ2v) is 5.53. The van der Waals surface area contributed by atoms with E-state index in [1.54, 1.807) is 0 Å². The Bertz CT molecular complexity index is 495. The summed E-state index contributed by atoms with van der Waals surface area (Å²) >= 11 is 0. The van der Waals surface area contributed by atoms with Crippen LogP contribution in [0.3, 0.4) is 0 Å². The van der Waals surface area contributed by atoms with Gasteiger partial charge in [-0.2, -0.15) is 0 Å². The number of nitrogens with zero attached hydrogens (tertiary/aromatic N) is 1. The Kier molecular flexibility index (Phi) is 6.45. The molecule has 2 rings (SSSR count). The lowest BCUT2D eigenvalue weighted by Crippen LogP contribution is -2.27. The summed E-state index contributed by atoms with van der Waals surface area (Å²) in [5.41, 5.74) is 2.76. The number of hydrogen-bond donors (Lipinski definition) is 1. The molecule has 0 radical (unpaired) electrons. The first-order valence-electron chi connectivity index (χ1n) is 7.80. The molecule has 1 unspecified atom stereocenters. The molecule has 0 aliphatic heterocycles. The van der Waals surface area contributed by atoms with Crippen LogP contribution < -0.4 is 5.32 Å². The topological polar surface area (TPSA) is 15.3 Å². The van der Waals surface area contributed by atoms with Gasteiger partial charge in [0.25, 0.3) is 0 Å². The average Bonchev–Trinajstić information content (AvgIpc) is 2.53. The molecule has 0 spiro atoms. The fraction of sp³-hybridized carbons (Fsp3) is 0.368. The van der Waals surface area contributed by atoms with Crippen molar-refractivity contribution in [3.63, 3.8) is 0 Å². The molecule has 0 fully saturated rings. The van der Waals surface area contributed by atoms with E-state index in [9.17, 15) is 0 Å². The number of benzene rings is 2. The molecule has 112 valence electrons. The van der Waals surface area contributed by atoms with E-state index in [0.717, 1.165) is 26.1 Å². The normalized spacial score (nSPS) is 12.5. The van der Waals surface area contributed by atoms with Gasteiger partial charge in [0.1, 0.15) is 0 Å². The third-order valence-electron chi connectivity index (χ3n) is 3.75. The molecule has 21 heavy (non-hydrogen) atoms. The molecule has 2 aromatic carbocycles. The van der Waals surface area contributed by atoms with Crippen LogP contribution in [-0.2, 0) is 6.54 Å². The zero-order valence-corrected chi connectivity index (χ0v) is 13.1. The highest BCUT2D eigenvalue weighted by Crippen LogP contribution is 2.17. The molecule has 2 heteroatoms. The van der Waals surface area contributed by atoms with Gasteiger partial charge >= 0.3 is 0 Å². The van der Waals surface area contributed by atoms with E-state index >= 15 is 0 Å². The molecule has 1 atom stereocenters. The molecule has 0 saturated carbocycles. The van der Waals surface area contributed by atoms with Crippen LogP contribution in [0.1, 0.15) is 30.5 Å². The van der Waals surface area contributed by atoms with E-state index in [4.69, 9.17) is 0 Å². The fourth-order valence-corrected chi connectivity index (χ4v) is 2.64. The van der Waals surface area contributed by atoms with Crippen LogP contribution in [0.4, 0.5) is 0 Å². The SMILES string of the molecule is CCNC(CCN(C)Cc1ccccc1)c1ccccc1. The second-order valence-electron chi connectivity index (χ2n) is 5.53. The van der Waals surface area contributed by atoms with E-state index in [0.29, 0.717) is 6.04 Å². The maximum absolute atomic E-state index is 3.59. The maximum Gasteiger partial charge on any atom is 0.0332 e. The highest BCUT2D eigenvalue weighted by molar-refractivity contribution is 5.19. The minimum Gasteiger partial charge on any atom is -0.310 e. The Hall–Kier alpha value is -1.64. The van der Waals surface area contributed by atoms with Crippen molar-refractivity contribution in [1.82, 2.24) is 10.2 Å². The first-order chi connectivity index (χ1) is 10.3. The smallest absolute Gasteiger partial charge is 0.0332 e. The summed E-state index contributed by atoms with van der Waals surface area (Å²) in [6.07, 6.45) is 1.13. The molecule has 2 nitrogen and oxygen atoms in total. The summed E-state index contributed by atoms with van der Waals surface area (Å²) in [4.78, 5) is 2.39. The molecular weight excluding hydrogens is 256 g/mol. The van der Waals surface area contributed by atoms with Crippen molar-refractivity contribution >= 4 is 0 Å². The zero-order valence-electron chi connectivity index (χ0n) is 13.1. The van der Waals surface area contributed by atoms with Crippen LogP contribution in [0.5, 0.6) is 0 Å². The Morgan fingerprint density at radius 3 is 2.19 bits per heavy atom. The summed E-state index contributed by atoms with van der Waals surface area (Å²) < 4.78 is 0. The molecular formula is C19H26N2. The molecule has 1 N–H and O–H groups in total. The van der Waals surface area contributed by atoms with Gasteiger partial charge in [0.2, 0.25) is 0 Å².